The molecule has 0 atom stereocenters. The van der Waals surface area contributed by atoms with Gasteiger partial charge in [0.2, 0.25) is 5.91 Å². The van der Waals surface area contributed by atoms with E-state index in [-0.39, 0.29) is 24.5 Å². The molecule has 0 bridgehead atoms. The highest BCUT2D eigenvalue weighted by atomic mass is 16.2. The quantitative estimate of drug-likeness (QED) is 0.681. The number of hydrogen-bond donors (Lipinski definition) is 2. The van der Waals surface area contributed by atoms with Gasteiger partial charge in [0.05, 0.1) is 6.54 Å². The zero-order valence-corrected chi connectivity index (χ0v) is 9.26. The highest BCUT2D eigenvalue weighted by Gasteiger charge is 2.08. The fourth-order valence-corrected chi connectivity index (χ4v) is 0.807. The van der Waals surface area contributed by atoms with Crippen molar-refractivity contribution in [2.75, 3.05) is 20.1 Å². The van der Waals surface area contributed by atoms with Crippen molar-refractivity contribution in [3.8, 4) is 0 Å². The standard InChI is InChI=1S/C9H19N3O2/c1-5-12(4)9(14)10-6-8(13)11-7(2)3/h7H,5-6H2,1-4H3,(H,10,14)(H,11,13). The van der Waals surface area contributed by atoms with Crippen molar-refractivity contribution in [2.24, 2.45) is 0 Å². The third kappa shape index (κ3) is 5.40. The topological polar surface area (TPSA) is 61.4 Å². The molecular weight excluding hydrogens is 182 g/mol. The summed E-state index contributed by atoms with van der Waals surface area (Å²) in [4.78, 5) is 23.8. The molecule has 5 heteroatoms. The van der Waals surface area contributed by atoms with Crippen molar-refractivity contribution in [1.29, 1.82) is 0 Å². The van der Waals surface area contributed by atoms with E-state index in [0.717, 1.165) is 0 Å². The van der Waals surface area contributed by atoms with Crippen LogP contribution < -0.4 is 10.6 Å². The van der Waals surface area contributed by atoms with E-state index in [1.165, 1.54) is 4.90 Å². The molecule has 0 rings (SSSR count). The predicted molar refractivity (Wildman–Crippen MR) is 55.0 cm³/mol. The van der Waals surface area contributed by atoms with E-state index in [1.54, 1.807) is 7.05 Å². The third-order valence-corrected chi connectivity index (χ3v) is 1.67. The Morgan fingerprint density at radius 1 is 1.36 bits per heavy atom. The van der Waals surface area contributed by atoms with E-state index in [2.05, 4.69) is 10.6 Å². The Morgan fingerprint density at radius 3 is 2.36 bits per heavy atom. The maximum absolute atomic E-state index is 11.2. The Labute approximate surface area is 84.8 Å². The number of carbonyl (C=O) groups is 2. The van der Waals surface area contributed by atoms with Crippen molar-refractivity contribution in [3.05, 3.63) is 0 Å². The van der Waals surface area contributed by atoms with Crippen molar-refractivity contribution in [2.45, 2.75) is 26.8 Å². The van der Waals surface area contributed by atoms with E-state index < -0.39 is 0 Å². The number of nitrogens with zero attached hydrogens (tertiary/aromatic N) is 1. The molecule has 5 nitrogen and oxygen atoms in total. The number of rotatable bonds is 4. The largest absolute Gasteiger partial charge is 0.352 e. The number of urea groups is 1. The molecule has 0 aromatic rings. The first-order valence-electron chi connectivity index (χ1n) is 4.75. The van der Waals surface area contributed by atoms with Gasteiger partial charge in [-0.1, -0.05) is 0 Å². The first-order chi connectivity index (χ1) is 6.47. The first kappa shape index (κ1) is 12.7. The first-order valence-corrected chi connectivity index (χ1v) is 4.75. The maximum atomic E-state index is 11.2. The van der Waals surface area contributed by atoms with Crippen LogP contribution in [0.5, 0.6) is 0 Å². The Hall–Kier alpha value is -1.26. The smallest absolute Gasteiger partial charge is 0.317 e. The number of carbonyl (C=O) groups excluding carboxylic acids is 2. The van der Waals surface area contributed by atoms with Gasteiger partial charge < -0.3 is 15.5 Å². The molecule has 3 amide bonds. The molecule has 0 saturated heterocycles. The molecule has 0 unspecified atom stereocenters. The van der Waals surface area contributed by atoms with Crippen LogP contribution in [0.15, 0.2) is 0 Å². The lowest BCUT2D eigenvalue weighted by Gasteiger charge is -2.15. The summed E-state index contributed by atoms with van der Waals surface area (Å²) >= 11 is 0. The highest BCUT2D eigenvalue weighted by molar-refractivity contribution is 5.83. The second kappa shape index (κ2) is 6.23. The molecule has 82 valence electrons. The van der Waals surface area contributed by atoms with Crippen LogP contribution in [0, 0.1) is 0 Å². The van der Waals surface area contributed by atoms with Gasteiger partial charge in [-0.25, -0.2) is 4.79 Å². The monoisotopic (exact) mass is 201 g/mol. The SMILES string of the molecule is CCN(C)C(=O)NCC(=O)NC(C)C. The summed E-state index contributed by atoms with van der Waals surface area (Å²) in [6, 6.07) is -0.130. The maximum Gasteiger partial charge on any atom is 0.317 e. The molecule has 2 N–H and O–H groups in total. The van der Waals surface area contributed by atoms with Gasteiger partial charge in [-0.3, -0.25) is 4.79 Å². The number of hydrogen-bond acceptors (Lipinski definition) is 2. The van der Waals surface area contributed by atoms with Crippen molar-refractivity contribution >= 4 is 11.9 Å². The summed E-state index contributed by atoms with van der Waals surface area (Å²) in [5.74, 6) is -0.169. The summed E-state index contributed by atoms with van der Waals surface area (Å²) in [6.07, 6.45) is 0. The summed E-state index contributed by atoms with van der Waals surface area (Å²) in [7, 11) is 1.68. The minimum atomic E-state index is -0.230. The summed E-state index contributed by atoms with van der Waals surface area (Å²) in [5.41, 5.74) is 0. The molecule has 0 aromatic heterocycles. The zero-order chi connectivity index (χ0) is 11.1. The van der Waals surface area contributed by atoms with Crippen molar-refractivity contribution in [3.63, 3.8) is 0 Å². The lowest BCUT2D eigenvalue weighted by atomic mass is 10.4. The Kier molecular flexibility index (Phi) is 5.67. The predicted octanol–water partition coefficient (Wildman–Crippen LogP) is 0.172. The van der Waals surface area contributed by atoms with Crippen LogP contribution in [0.1, 0.15) is 20.8 Å². The second-order valence-corrected chi connectivity index (χ2v) is 3.40. The molecule has 0 saturated carbocycles. The fraction of sp³-hybridized carbons (Fsp3) is 0.778. The molecule has 0 heterocycles. The summed E-state index contributed by atoms with van der Waals surface area (Å²) in [6.45, 7) is 6.27. The third-order valence-electron chi connectivity index (χ3n) is 1.67. The van der Waals surface area contributed by atoms with Gasteiger partial charge in [-0.15, -0.1) is 0 Å². The van der Waals surface area contributed by atoms with Crippen LogP contribution in [0.3, 0.4) is 0 Å². The number of nitrogens with one attached hydrogen (secondary N) is 2. The average Bonchev–Trinajstić information content (AvgIpc) is 2.11. The van der Waals surface area contributed by atoms with E-state index in [1.807, 2.05) is 20.8 Å². The van der Waals surface area contributed by atoms with Crippen LogP contribution in [0.25, 0.3) is 0 Å². The minimum absolute atomic E-state index is 0.0291. The van der Waals surface area contributed by atoms with Crippen LogP contribution in [0.2, 0.25) is 0 Å². The minimum Gasteiger partial charge on any atom is -0.352 e. The molecule has 0 spiro atoms. The molecule has 0 aliphatic rings. The normalized spacial score (nSPS) is 9.79. The van der Waals surface area contributed by atoms with Gasteiger partial charge >= 0.3 is 6.03 Å². The van der Waals surface area contributed by atoms with Gasteiger partial charge in [-0.05, 0) is 20.8 Å². The van der Waals surface area contributed by atoms with Crippen LogP contribution in [-0.2, 0) is 4.79 Å². The molecule has 0 aromatic carbocycles. The van der Waals surface area contributed by atoms with Gasteiger partial charge in [0.15, 0.2) is 0 Å². The van der Waals surface area contributed by atoms with Gasteiger partial charge in [0.25, 0.3) is 0 Å². The van der Waals surface area contributed by atoms with Gasteiger partial charge in [0, 0.05) is 19.6 Å². The molecule has 0 aliphatic carbocycles. The molecule has 0 aliphatic heterocycles. The van der Waals surface area contributed by atoms with Gasteiger partial charge in [-0.2, -0.15) is 0 Å². The second-order valence-electron chi connectivity index (χ2n) is 3.40. The van der Waals surface area contributed by atoms with Crippen molar-refractivity contribution in [1.82, 2.24) is 15.5 Å². The lowest BCUT2D eigenvalue weighted by molar-refractivity contribution is -0.120. The Morgan fingerprint density at radius 2 is 1.93 bits per heavy atom. The zero-order valence-electron chi connectivity index (χ0n) is 9.26. The van der Waals surface area contributed by atoms with E-state index >= 15 is 0 Å². The number of amides is 3. The van der Waals surface area contributed by atoms with Crippen LogP contribution >= 0.6 is 0 Å². The highest BCUT2D eigenvalue weighted by Crippen LogP contribution is 1.82. The Balaban J connectivity index is 3.72. The lowest BCUT2D eigenvalue weighted by Crippen LogP contribution is -2.44. The summed E-state index contributed by atoms with van der Waals surface area (Å²) < 4.78 is 0. The average molecular weight is 201 g/mol. The molecule has 0 radical (unpaired) electrons. The van der Waals surface area contributed by atoms with Crippen LogP contribution in [-0.4, -0.2) is 43.0 Å². The van der Waals surface area contributed by atoms with E-state index in [4.69, 9.17) is 0 Å². The van der Waals surface area contributed by atoms with E-state index in [0.29, 0.717) is 6.54 Å². The molecule has 0 fully saturated rings. The molecular formula is C9H19N3O2. The molecule has 14 heavy (non-hydrogen) atoms. The van der Waals surface area contributed by atoms with E-state index in [9.17, 15) is 9.59 Å². The van der Waals surface area contributed by atoms with Gasteiger partial charge in [0.1, 0.15) is 0 Å². The summed E-state index contributed by atoms with van der Waals surface area (Å²) in [5, 5.41) is 5.20. The Bertz CT molecular complexity index is 204. The fourth-order valence-electron chi connectivity index (χ4n) is 0.807. The van der Waals surface area contributed by atoms with Crippen LogP contribution in [0.4, 0.5) is 4.79 Å². The van der Waals surface area contributed by atoms with Crippen molar-refractivity contribution < 1.29 is 9.59 Å².